The van der Waals surface area contributed by atoms with Crippen molar-refractivity contribution in [2.75, 3.05) is 6.54 Å². The summed E-state index contributed by atoms with van der Waals surface area (Å²) in [6.45, 7) is 0.874. The summed E-state index contributed by atoms with van der Waals surface area (Å²) in [6, 6.07) is 4.14. The minimum absolute atomic E-state index is 0. The third kappa shape index (κ3) is 3.60. The van der Waals surface area contributed by atoms with Crippen LogP contribution in [0.4, 0.5) is 13.2 Å². The Bertz CT molecular complexity index is 389. The smallest absolute Gasteiger partial charge is 0.310 e. The van der Waals surface area contributed by atoms with Gasteiger partial charge in [-0.25, -0.2) is 0 Å². The number of hydrogen-bond donors (Lipinski definition) is 1. The highest BCUT2D eigenvalue weighted by molar-refractivity contribution is 9.10. The molecule has 0 unspecified atom stereocenters. The van der Waals surface area contributed by atoms with Gasteiger partial charge < -0.3 is 5.32 Å². The van der Waals surface area contributed by atoms with Crippen LogP contribution in [0.2, 0.25) is 0 Å². The maximum absolute atomic E-state index is 12.6. The van der Waals surface area contributed by atoms with Crippen LogP contribution in [0.5, 0.6) is 0 Å². The molecule has 0 amide bonds. The zero-order valence-electron chi connectivity index (χ0n) is 8.85. The van der Waals surface area contributed by atoms with Crippen molar-refractivity contribution >= 4 is 28.3 Å². The average molecular weight is 331 g/mol. The SMILES string of the molecule is Cl.FC(F)(F)c1cc(Br)cc([C@@H]2CCCN2)c1. The summed E-state index contributed by atoms with van der Waals surface area (Å²) in [5.74, 6) is 0. The Morgan fingerprint density at radius 1 is 1.24 bits per heavy atom. The predicted octanol–water partition coefficient (Wildman–Crippen LogP) is 4.31. The molecule has 1 aromatic carbocycles. The number of rotatable bonds is 1. The molecule has 0 aromatic heterocycles. The molecule has 0 radical (unpaired) electrons. The highest BCUT2D eigenvalue weighted by Gasteiger charge is 2.32. The first-order valence-electron chi connectivity index (χ1n) is 5.08. The molecule has 1 aliphatic rings. The Morgan fingerprint density at radius 3 is 2.47 bits per heavy atom. The molecule has 1 N–H and O–H groups in total. The second kappa shape index (κ2) is 5.59. The van der Waals surface area contributed by atoms with Gasteiger partial charge in [0.1, 0.15) is 0 Å². The molecule has 0 saturated carbocycles. The zero-order valence-corrected chi connectivity index (χ0v) is 11.3. The van der Waals surface area contributed by atoms with Crippen molar-refractivity contribution in [1.29, 1.82) is 0 Å². The molecule has 17 heavy (non-hydrogen) atoms. The molecule has 1 aliphatic heterocycles. The van der Waals surface area contributed by atoms with Gasteiger partial charge in [-0.05, 0) is 43.1 Å². The molecule has 1 saturated heterocycles. The number of benzene rings is 1. The van der Waals surface area contributed by atoms with Crippen LogP contribution >= 0.6 is 28.3 Å². The van der Waals surface area contributed by atoms with Crippen molar-refractivity contribution in [1.82, 2.24) is 5.32 Å². The molecular weight excluding hydrogens is 318 g/mol. The van der Waals surface area contributed by atoms with Crippen LogP contribution in [0, 0.1) is 0 Å². The number of hydrogen-bond acceptors (Lipinski definition) is 1. The molecule has 96 valence electrons. The lowest BCUT2D eigenvalue weighted by Gasteiger charge is -2.14. The average Bonchev–Trinajstić information content (AvgIpc) is 2.68. The highest BCUT2D eigenvalue weighted by atomic mass is 79.9. The quantitative estimate of drug-likeness (QED) is 0.809. The van der Waals surface area contributed by atoms with Gasteiger partial charge in [0, 0.05) is 10.5 Å². The van der Waals surface area contributed by atoms with E-state index < -0.39 is 11.7 Å². The van der Waals surface area contributed by atoms with Crippen LogP contribution in [0.25, 0.3) is 0 Å². The summed E-state index contributed by atoms with van der Waals surface area (Å²) in [5, 5.41) is 3.19. The lowest BCUT2D eigenvalue weighted by molar-refractivity contribution is -0.137. The molecule has 0 spiro atoms. The normalized spacial score (nSPS) is 20.1. The highest BCUT2D eigenvalue weighted by Crippen LogP contribution is 2.34. The van der Waals surface area contributed by atoms with E-state index in [1.165, 1.54) is 6.07 Å². The van der Waals surface area contributed by atoms with Gasteiger partial charge in [-0.2, -0.15) is 13.2 Å². The van der Waals surface area contributed by atoms with Crippen molar-refractivity contribution in [3.63, 3.8) is 0 Å². The Kier molecular flexibility index (Phi) is 4.86. The molecule has 2 rings (SSSR count). The van der Waals surface area contributed by atoms with E-state index in [0.717, 1.165) is 25.5 Å². The van der Waals surface area contributed by atoms with Crippen molar-refractivity contribution in [3.8, 4) is 0 Å². The predicted molar refractivity (Wildman–Crippen MR) is 66.4 cm³/mol. The van der Waals surface area contributed by atoms with E-state index in [2.05, 4.69) is 21.2 Å². The fourth-order valence-corrected chi connectivity index (χ4v) is 2.46. The van der Waals surface area contributed by atoms with Crippen molar-refractivity contribution in [2.45, 2.75) is 25.1 Å². The van der Waals surface area contributed by atoms with Gasteiger partial charge in [0.25, 0.3) is 0 Å². The van der Waals surface area contributed by atoms with Crippen molar-refractivity contribution in [3.05, 3.63) is 33.8 Å². The van der Waals surface area contributed by atoms with Crippen LogP contribution in [-0.4, -0.2) is 6.54 Å². The lowest BCUT2D eigenvalue weighted by Crippen LogP contribution is -2.14. The van der Waals surface area contributed by atoms with Crippen molar-refractivity contribution < 1.29 is 13.2 Å². The van der Waals surface area contributed by atoms with E-state index >= 15 is 0 Å². The van der Waals surface area contributed by atoms with Crippen LogP contribution in [0.15, 0.2) is 22.7 Å². The molecule has 1 aromatic rings. The van der Waals surface area contributed by atoms with E-state index in [1.54, 1.807) is 6.07 Å². The topological polar surface area (TPSA) is 12.0 Å². The molecule has 1 fully saturated rings. The van der Waals surface area contributed by atoms with Gasteiger partial charge in [-0.3, -0.25) is 0 Å². The molecule has 0 aliphatic carbocycles. The minimum Gasteiger partial charge on any atom is -0.310 e. The summed E-state index contributed by atoms with van der Waals surface area (Å²) in [6.07, 6.45) is -2.37. The summed E-state index contributed by atoms with van der Waals surface area (Å²) in [5.41, 5.74) is 0.116. The number of halogens is 5. The van der Waals surface area contributed by atoms with Gasteiger partial charge in [0.2, 0.25) is 0 Å². The Morgan fingerprint density at radius 2 is 1.94 bits per heavy atom. The second-order valence-electron chi connectivity index (χ2n) is 3.92. The fraction of sp³-hybridized carbons (Fsp3) is 0.455. The second-order valence-corrected chi connectivity index (χ2v) is 4.84. The Labute approximate surface area is 112 Å². The van der Waals surface area contributed by atoms with E-state index in [0.29, 0.717) is 10.0 Å². The van der Waals surface area contributed by atoms with E-state index in [-0.39, 0.29) is 18.4 Å². The third-order valence-electron chi connectivity index (χ3n) is 2.71. The molecule has 1 nitrogen and oxygen atoms in total. The molecule has 6 heteroatoms. The van der Waals surface area contributed by atoms with Crippen LogP contribution in [0.1, 0.15) is 30.0 Å². The summed E-state index contributed by atoms with van der Waals surface area (Å²) in [4.78, 5) is 0. The number of nitrogens with one attached hydrogen (secondary N) is 1. The van der Waals surface area contributed by atoms with Gasteiger partial charge in [-0.15, -0.1) is 12.4 Å². The summed E-state index contributed by atoms with van der Waals surface area (Å²) in [7, 11) is 0. The van der Waals surface area contributed by atoms with E-state index in [4.69, 9.17) is 0 Å². The fourth-order valence-electron chi connectivity index (χ4n) is 1.95. The third-order valence-corrected chi connectivity index (χ3v) is 3.17. The maximum Gasteiger partial charge on any atom is 0.416 e. The first kappa shape index (κ1) is 14.8. The van der Waals surface area contributed by atoms with Crippen LogP contribution < -0.4 is 5.32 Å². The summed E-state index contributed by atoms with van der Waals surface area (Å²) < 4.78 is 38.3. The monoisotopic (exact) mass is 329 g/mol. The molecule has 1 heterocycles. The largest absolute Gasteiger partial charge is 0.416 e. The van der Waals surface area contributed by atoms with Gasteiger partial charge >= 0.3 is 6.18 Å². The van der Waals surface area contributed by atoms with E-state index in [9.17, 15) is 13.2 Å². The molecule has 0 bridgehead atoms. The Hall–Kier alpha value is -0.260. The Balaban J connectivity index is 0.00000144. The lowest BCUT2D eigenvalue weighted by atomic mass is 10.0. The van der Waals surface area contributed by atoms with E-state index in [1.807, 2.05) is 0 Å². The minimum atomic E-state index is -4.28. The first-order valence-corrected chi connectivity index (χ1v) is 5.87. The van der Waals surface area contributed by atoms with Crippen LogP contribution in [0.3, 0.4) is 0 Å². The van der Waals surface area contributed by atoms with Gasteiger partial charge in [0.15, 0.2) is 0 Å². The summed E-state index contributed by atoms with van der Waals surface area (Å²) >= 11 is 3.12. The van der Waals surface area contributed by atoms with Gasteiger partial charge in [0.05, 0.1) is 5.56 Å². The van der Waals surface area contributed by atoms with Gasteiger partial charge in [-0.1, -0.05) is 15.9 Å². The standard InChI is InChI=1S/C11H11BrF3N.ClH/c12-9-5-7(10-2-1-3-16-10)4-8(6-9)11(13,14)15;/h4-6,10,16H,1-3H2;1H/t10-;/m0./s1. The zero-order chi connectivity index (χ0) is 11.8. The molecule has 1 atom stereocenters. The van der Waals surface area contributed by atoms with Crippen LogP contribution in [-0.2, 0) is 6.18 Å². The maximum atomic E-state index is 12.6. The molecular formula is C11H12BrClF3N. The number of alkyl halides is 3. The first-order chi connectivity index (χ1) is 7.47. The van der Waals surface area contributed by atoms with Crippen molar-refractivity contribution in [2.24, 2.45) is 0 Å².